The van der Waals surface area contributed by atoms with Crippen molar-refractivity contribution >= 4 is 29.9 Å². The topological polar surface area (TPSA) is 100 Å². The van der Waals surface area contributed by atoms with Crippen LogP contribution in [0, 0.1) is 0 Å². The number of ether oxygens (including phenoxy) is 1. The van der Waals surface area contributed by atoms with Crippen molar-refractivity contribution in [1.82, 2.24) is 25.8 Å². The summed E-state index contributed by atoms with van der Waals surface area (Å²) in [6, 6.07) is 13.4. The van der Waals surface area contributed by atoms with Crippen molar-refractivity contribution in [1.29, 1.82) is 0 Å². The minimum Gasteiger partial charge on any atom is -0.492 e. The average molecular weight is 496 g/mol. The van der Waals surface area contributed by atoms with Crippen molar-refractivity contribution in [2.45, 2.75) is 13.3 Å². The molecule has 3 N–H and O–H groups in total. The van der Waals surface area contributed by atoms with E-state index in [0.29, 0.717) is 37.7 Å². The second-order valence-corrected chi connectivity index (χ2v) is 5.68. The number of benzene rings is 1. The minimum absolute atomic E-state index is 0. The fourth-order valence-electron chi connectivity index (χ4n) is 2.39. The number of aromatic amines is 1. The highest BCUT2D eigenvalue weighted by Crippen LogP contribution is 2.14. The zero-order chi connectivity index (χ0) is 18.7. The highest BCUT2D eigenvalue weighted by Gasteiger charge is 2.07. The lowest BCUT2D eigenvalue weighted by Crippen LogP contribution is -2.39. The Kier molecular flexibility index (Phi) is 9.32. The highest BCUT2D eigenvalue weighted by atomic mass is 127. The number of nitrogens with zero attached hydrogens (tertiary/aromatic N) is 3. The number of rotatable bonds is 9. The molecule has 28 heavy (non-hydrogen) atoms. The maximum Gasteiger partial charge on any atom is 0.216 e. The average Bonchev–Trinajstić information content (AvgIpc) is 3.38. The summed E-state index contributed by atoms with van der Waals surface area (Å²) >= 11 is 0. The first-order valence-electron chi connectivity index (χ1n) is 9.00. The van der Waals surface area contributed by atoms with E-state index in [0.717, 1.165) is 24.1 Å². The second kappa shape index (κ2) is 12.0. The molecule has 0 spiro atoms. The Morgan fingerprint density at radius 2 is 2.04 bits per heavy atom. The molecule has 0 atom stereocenters. The molecule has 0 amide bonds. The number of aromatic nitrogens is 3. The molecule has 150 valence electrons. The fraction of sp³-hybridized carbons (Fsp3) is 0.316. The van der Waals surface area contributed by atoms with Gasteiger partial charge in [0.25, 0.3) is 0 Å². The summed E-state index contributed by atoms with van der Waals surface area (Å²) in [5.74, 6) is 3.59. The van der Waals surface area contributed by atoms with Gasteiger partial charge in [0.2, 0.25) is 5.82 Å². The van der Waals surface area contributed by atoms with E-state index in [4.69, 9.17) is 9.15 Å². The zero-order valence-corrected chi connectivity index (χ0v) is 18.1. The Bertz CT molecular complexity index is 820. The predicted molar refractivity (Wildman–Crippen MR) is 119 cm³/mol. The Labute approximate surface area is 181 Å². The van der Waals surface area contributed by atoms with Gasteiger partial charge in [-0.2, -0.15) is 5.10 Å². The molecule has 3 rings (SSSR count). The first-order chi connectivity index (χ1) is 13.3. The van der Waals surface area contributed by atoms with E-state index >= 15 is 0 Å². The summed E-state index contributed by atoms with van der Waals surface area (Å²) in [7, 11) is 0. The number of hydrogen-bond donors (Lipinski definition) is 3. The van der Waals surface area contributed by atoms with Crippen LogP contribution in [0.1, 0.15) is 12.7 Å². The highest BCUT2D eigenvalue weighted by molar-refractivity contribution is 14.0. The van der Waals surface area contributed by atoms with Gasteiger partial charge in [0.1, 0.15) is 18.2 Å². The SMILES string of the molecule is CCNC(=NCCc1nc(-c2ccco2)n[nH]1)NCCOc1ccccc1.I. The quantitative estimate of drug-likeness (QED) is 0.182. The van der Waals surface area contributed by atoms with Crippen LogP contribution >= 0.6 is 24.0 Å². The third-order valence-electron chi connectivity index (χ3n) is 3.64. The lowest BCUT2D eigenvalue weighted by Gasteiger charge is -2.11. The van der Waals surface area contributed by atoms with E-state index in [2.05, 4.69) is 30.8 Å². The molecular weight excluding hydrogens is 471 g/mol. The predicted octanol–water partition coefficient (Wildman–Crippen LogP) is 2.86. The van der Waals surface area contributed by atoms with Crippen LogP contribution in [0.3, 0.4) is 0 Å². The Morgan fingerprint density at radius 1 is 1.18 bits per heavy atom. The number of hydrogen-bond acceptors (Lipinski definition) is 5. The Hall–Kier alpha value is -2.56. The summed E-state index contributed by atoms with van der Waals surface area (Å²) in [4.78, 5) is 8.97. The van der Waals surface area contributed by atoms with Crippen molar-refractivity contribution in [3.63, 3.8) is 0 Å². The van der Waals surface area contributed by atoms with Gasteiger partial charge in [-0.25, -0.2) is 4.98 Å². The molecule has 2 heterocycles. The van der Waals surface area contributed by atoms with Crippen molar-refractivity contribution in [3.05, 3.63) is 54.6 Å². The molecule has 3 aromatic rings. The van der Waals surface area contributed by atoms with Crippen molar-refractivity contribution in [2.75, 3.05) is 26.2 Å². The summed E-state index contributed by atoms with van der Waals surface area (Å²) in [6.45, 7) is 4.62. The van der Waals surface area contributed by atoms with Crippen LogP contribution in [-0.4, -0.2) is 47.4 Å². The molecule has 0 aliphatic heterocycles. The van der Waals surface area contributed by atoms with Gasteiger partial charge in [0, 0.05) is 19.5 Å². The van der Waals surface area contributed by atoms with Crippen LogP contribution in [0.4, 0.5) is 0 Å². The molecule has 0 fully saturated rings. The number of halogens is 1. The second-order valence-electron chi connectivity index (χ2n) is 5.68. The standard InChI is InChI=1S/C19H24N6O2.HI/c1-2-20-19(22-12-14-26-15-7-4-3-5-8-15)21-11-10-17-23-18(25-24-17)16-9-6-13-27-16;/h3-9,13H,2,10-12,14H2,1H3,(H2,20,21,22)(H,23,24,25);1H. The van der Waals surface area contributed by atoms with Crippen LogP contribution in [0.15, 0.2) is 58.1 Å². The van der Waals surface area contributed by atoms with Crippen LogP contribution in [0.5, 0.6) is 5.75 Å². The van der Waals surface area contributed by atoms with E-state index in [9.17, 15) is 0 Å². The molecule has 0 aliphatic carbocycles. The van der Waals surface area contributed by atoms with Gasteiger partial charge in [0.05, 0.1) is 12.8 Å². The summed E-state index contributed by atoms with van der Waals surface area (Å²) in [5.41, 5.74) is 0. The van der Waals surface area contributed by atoms with E-state index < -0.39 is 0 Å². The van der Waals surface area contributed by atoms with Gasteiger partial charge >= 0.3 is 0 Å². The molecule has 8 nitrogen and oxygen atoms in total. The van der Waals surface area contributed by atoms with Gasteiger partial charge in [-0.3, -0.25) is 10.1 Å². The number of H-pyrrole nitrogens is 1. The third kappa shape index (κ3) is 6.87. The van der Waals surface area contributed by atoms with Crippen LogP contribution in [0.25, 0.3) is 11.6 Å². The number of guanidine groups is 1. The molecular formula is C19H25IN6O2. The van der Waals surface area contributed by atoms with Gasteiger partial charge in [-0.15, -0.1) is 24.0 Å². The maximum absolute atomic E-state index is 5.67. The number of para-hydroxylation sites is 1. The van der Waals surface area contributed by atoms with E-state index in [1.807, 2.05) is 49.4 Å². The van der Waals surface area contributed by atoms with Crippen molar-refractivity contribution < 1.29 is 9.15 Å². The first-order valence-corrected chi connectivity index (χ1v) is 9.00. The largest absolute Gasteiger partial charge is 0.492 e. The fourth-order valence-corrected chi connectivity index (χ4v) is 2.39. The van der Waals surface area contributed by atoms with Crippen LogP contribution in [0.2, 0.25) is 0 Å². The molecule has 0 bridgehead atoms. The molecule has 0 saturated heterocycles. The maximum atomic E-state index is 5.67. The van der Waals surface area contributed by atoms with Gasteiger partial charge in [0.15, 0.2) is 11.7 Å². The van der Waals surface area contributed by atoms with Crippen molar-refractivity contribution in [2.24, 2.45) is 4.99 Å². The Morgan fingerprint density at radius 3 is 2.79 bits per heavy atom. The molecule has 0 radical (unpaired) electrons. The number of furan rings is 1. The lowest BCUT2D eigenvalue weighted by atomic mass is 10.3. The summed E-state index contributed by atoms with van der Waals surface area (Å²) < 4.78 is 11.0. The molecule has 9 heteroatoms. The van der Waals surface area contributed by atoms with Crippen LogP contribution in [-0.2, 0) is 6.42 Å². The first kappa shape index (κ1) is 21.7. The number of nitrogens with one attached hydrogen (secondary N) is 3. The zero-order valence-electron chi connectivity index (χ0n) is 15.7. The molecule has 1 aromatic carbocycles. The summed E-state index contributed by atoms with van der Waals surface area (Å²) in [6.07, 6.45) is 2.26. The van der Waals surface area contributed by atoms with Crippen molar-refractivity contribution in [3.8, 4) is 17.3 Å². The summed E-state index contributed by atoms with van der Waals surface area (Å²) in [5, 5.41) is 13.5. The number of aliphatic imine (C=N–C) groups is 1. The van der Waals surface area contributed by atoms with Gasteiger partial charge < -0.3 is 19.8 Å². The van der Waals surface area contributed by atoms with E-state index in [1.165, 1.54) is 0 Å². The monoisotopic (exact) mass is 496 g/mol. The molecule has 0 unspecified atom stereocenters. The van der Waals surface area contributed by atoms with Gasteiger partial charge in [-0.1, -0.05) is 18.2 Å². The third-order valence-corrected chi connectivity index (χ3v) is 3.64. The smallest absolute Gasteiger partial charge is 0.216 e. The molecule has 2 aromatic heterocycles. The lowest BCUT2D eigenvalue weighted by molar-refractivity contribution is 0.322. The normalized spacial score (nSPS) is 11.0. The van der Waals surface area contributed by atoms with Gasteiger partial charge in [-0.05, 0) is 31.2 Å². The van der Waals surface area contributed by atoms with E-state index in [-0.39, 0.29) is 24.0 Å². The minimum atomic E-state index is 0. The van der Waals surface area contributed by atoms with E-state index in [1.54, 1.807) is 6.26 Å². The van der Waals surface area contributed by atoms with Crippen LogP contribution < -0.4 is 15.4 Å². The molecule has 0 saturated carbocycles. The Balaban J connectivity index is 0.00000280. The molecule has 0 aliphatic rings.